The molecule has 0 aliphatic rings. The summed E-state index contributed by atoms with van der Waals surface area (Å²) < 4.78 is 5.76. The fourth-order valence-corrected chi connectivity index (χ4v) is 1.70. The van der Waals surface area contributed by atoms with E-state index in [1.54, 1.807) is 6.07 Å². The van der Waals surface area contributed by atoms with Crippen molar-refractivity contribution in [3.05, 3.63) is 59.7 Å². The van der Waals surface area contributed by atoms with E-state index in [1.165, 1.54) is 0 Å². The molecule has 0 heterocycles. The Kier molecular flexibility index (Phi) is 3.64. The van der Waals surface area contributed by atoms with Gasteiger partial charge in [-0.05, 0) is 41.8 Å². The summed E-state index contributed by atoms with van der Waals surface area (Å²) in [6, 6.07) is 17.4. The second kappa shape index (κ2) is 5.37. The molecular weight excluding hydrogens is 222 g/mol. The van der Waals surface area contributed by atoms with Gasteiger partial charge in [0.15, 0.2) is 0 Å². The first kappa shape index (κ1) is 12.2. The van der Waals surface area contributed by atoms with Gasteiger partial charge in [0.05, 0.1) is 11.6 Å². The fourth-order valence-electron chi connectivity index (χ4n) is 1.70. The van der Waals surface area contributed by atoms with Gasteiger partial charge < -0.3 is 4.74 Å². The van der Waals surface area contributed by atoms with E-state index in [9.17, 15) is 0 Å². The minimum Gasteiger partial charge on any atom is -0.457 e. The largest absolute Gasteiger partial charge is 0.457 e. The van der Waals surface area contributed by atoms with Crippen molar-refractivity contribution < 1.29 is 4.74 Å². The van der Waals surface area contributed by atoms with Crippen LogP contribution in [0.3, 0.4) is 0 Å². The third-order valence-electron chi connectivity index (χ3n) is 2.70. The lowest BCUT2D eigenvalue weighted by Crippen LogP contribution is -1.92. The van der Waals surface area contributed by atoms with Gasteiger partial charge in [-0.25, -0.2) is 0 Å². The maximum Gasteiger partial charge on any atom is 0.129 e. The highest BCUT2D eigenvalue weighted by atomic mass is 16.5. The maximum absolute atomic E-state index is 9.03. The van der Waals surface area contributed by atoms with E-state index in [2.05, 4.69) is 19.9 Å². The highest BCUT2D eigenvalue weighted by Crippen LogP contribution is 2.26. The van der Waals surface area contributed by atoms with E-state index >= 15 is 0 Å². The van der Waals surface area contributed by atoms with Gasteiger partial charge in [0.25, 0.3) is 0 Å². The molecule has 90 valence electrons. The van der Waals surface area contributed by atoms with Gasteiger partial charge in [0, 0.05) is 0 Å². The molecule has 2 nitrogen and oxygen atoms in total. The quantitative estimate of drug-likeness (QED) is 0.788. The predicted molar refractivity (Wildman–Crippen MR) is 71.8 cm³/mol. The maximum atomic E-state index is 9.03. The zero-order valence-corrected chi connectivity index (χ0v) is 10.6. The number of hydrogen-bond acceptors (Lipinski definition) is 2. The molecule has 0 radical (unpaired) electrons. The molecule has 2 heteroatoms. The van der Waals surface area contributed by atoms with Crippen LogP contribution in [0, 0.1) is 11.3 Å². The van der Waals surface area contributed by atoms with Crippen LogP contribution in [0.1, 0.15) is 30.9 Å². The van der Waals surface area contributed by atoms with Gasteiger partial charge in [0.1, 0.15) is 11.5 Å². The van der Waals surface area contributed by atoms with Gasteiger partial charge >= 0.3 is 0 Å². The molecule has 0 bridgehead atoms. The first-order valence-electron chi connectivity index (χ1n) is 5.97. The van der Waals surface area contributed by atoms with E-state index in [1.807, 2.05) is 42.5 Å². The van der Waals surface area contributed by atoms with Crippen molar-refractivity contribution in [3.63, 3.8) is 0 Å². The number of benzene rings is 2. The summed E-state index contributed by atoms with van der Waals surface area (Å²) in [7, 11) is 0. The Morgan fingerprint density at radius 2 is 1.72 bits per heavy atom. The van der Waals surface area contributed by atoms with Crippen molar-refractivity contribution in [1.82, 2.24) is 0 Å². The minimum atomic E-state index is 0.372. The summed E-state index contributed by atoms with van der Waals surface area (Å²) in [6.45, 7) is 4.20. The lowest BCUT2D eigenvalue weighted by atomic mass is 10.0. The summed E-state index contributed by atoms with van der Waals surface area (Å²) in [4.78, 5) is 0. The number of ether oxygens (including phenoxy) is 1. The summed E-state index contributed by atoms with van der Waals surface area (Å²) in [5.74, 6) is 1.86. The van der Waals surface area contributed by atoms with Crippen molar-refractivity contribution in [2.45, 2.75) is 19.8 Å². The molecule has 2 aromatic carbocycles. The minimum absolute atomic E-state index is 0.372. The number of hydrogen-bond donors (Lipinski definition) is 0. The molecule has 0 saturated heterocycles. The Morgan fingerprint density at radius 1 is 1.00 bits per heavy atom. The lowest BCUT2D eigenvalue weighted by Gasteiger charge is -2.10. The fraction of sp³-hybridized carbons (Fsp3) is 0.188. The van der Waals surface area contributed by atoms with Crippen molar-refractivity contribution in [2.75, 3.05) is 0 Å². The van der Waals surface area contributed by atoms with Crippen LogP contribution in [-0.4, -0.2) is 0 Å². The molecule has 0 fully saturated rings. The van der Waals surface area contributed by atoms with Crippen LogP contribution in [-0.2, 0) is 0 Å². The number of nitrogens with zero attached hydrogens (tertiary/aromatic N) is 1. The number of nitriles is 1. The number of para-hydroxylation sites is 1. The molecular formula is C16H15NO. The second-order valence-corrected chi connectivity index (χ2v) is 4.47. The summed E-state index contributed by atoms with van der Waals surface area (Å²) in [5.41, 5.74) is 1.74. The average molecular weight is 237 g/mol. The topological polar surface area (TPSA) is 33.0 Å². The van der Waals surface area contributed by atoms with Crippen molar-refractivity contribution >= 4 is 0 Å². The molecule has 0 saturated carbocycles. The molecule has 0 aromatic heterocycles. The Hall–Kier alpha value is -2.27. The van der Waals surface area contributed by atoms with Crippen molar-refractivity contribution in [1.29, 1.82) is 5.26 Å². The normalized spacial score (nSPS) is 10.1. The Morgan fingerprint density at radius 3 is 2.33 bits per heavy atom. The van der Waals surface area contributed by atoms with Crippen LogP contribution >= 0.6 is 0 Å². The van der Waals surface area contributed by atoms with Crippen molar-refractivity contribution in [2.24, 2.45) is 0 Å². The van der Waals surface area contributed by atoms with E-state index < -0.39 is 0 Å². The molecule has 0 spiro atoms. The molecule has 0 atom stereocenters. The standard InChI is InChI=1S/C16H15NO/c1-12(2)14-8-13(11-17)9-16(10-14)18-15-6-4-3-5-7-15/h3-10,12H,1-2H3. The lowest BCUT2D eigenvalue weighted by molar-refractivity contribution is 0.481. The third kappa shape index (κ3) is 2.89. The Labute approximate surface area is 107 Å². The highest BCUT2D eigenvalue weighted by molar-refractivity contribution is 5.43. The van der Waals surface area contributed by atoms with Crippen LogP contribution in [0.2, 0.25) is 0 Å². The molecule has 0 unspecified atom stereocenters. The SMILES string of the molecule is CC(C)c1cc(C#N)cc(Oc2ccccc2)c1. The molecule has 0 N–H and O–H groups in total. The van der Waals surface area contributed by atoms with Gasteiger partial charge in [-0.1, -0.05) is 32.0 Å². The summed E-state index contributed by atoms with van der Waals surface area (Å²) in [6.07, 6.45) is 0. The van der Waals surface area contributed by atoms with Crippen LogP contribution in [0.15, 0.2) is 48.5 Å². The molecule has 0 aliphatic heterocycles. The van der Waals surface area contributed by atoms with Crippen LogP contribution < -0.4 is 4.74 Å². The molecule has 0 amide bonds. The van der Waals surface area contributed by atoms with E-state index in [-0.39, 0.29) is 0 Å². The Balaban J connectivity index is 2.33. The smallest absolute Gasteiger partial charge is 0.129 e. The zero-order valence-electron chi connectivity index (χ0n) is 10.6. The van der Waals surface area contributed by atoms with E-state index in [0.29, 0.717) is 17.2 Å². The second-order valence-electron chi connectivity index (χ2n) is 4.47. The Bertz CT molecular complexity index is 567. The molecule has 2 aromatic rings. The van der Waals surface area contributed by atoms with Crippen LogP contribution in [0.25, 0.3) is 0 Å². The first-order valence-corrected chi connectivity index (χ1v) is 5.97. The van der Waals surface area contributed by atoms with Crippen molar-refractivity contribution in [3.8, 4) is 17.6 Å². The van der Waals surface area contributed by atoms with E-state index in [4.69, 9.17) is 10.00 Å². The molecule has 0 aliphatic carbocycles. The van der Waals surface area contributed by atoms with E-state index in [0.717, 1.165) is 11.3 Å². The van der Waals surface area contributed by atoms with Gasteiger partial charge in [-0.2, -0.15) is 5.26 Å². The summed E-state index contributed by atoms with van der Waals surface area (Å²) in [5, 5.41) is 9.03. The monoisotopic (exact) mass is 237 g/mol. The average Bonchev–Trinajstić information content (AvgIpc) is 2.39. The summed E-state index contributed by atoms with van der Waals surface area (Å²) >= 11 is 0. The number of rotatable bonds is 3. The van der Waals surface area contributed by atoms with Crippen LogP contribution in [0.5, 0.6) is 11.5 Å². The highest BCUT2D eigenvalue weighted by Gasteiger charge is 2.06. The first-order chi connectivity index (χ1) is 8.69. The van der Waals surface area contributed by atoms with Crippen LogP contribution in [0.4, 0.5) is 0 Å². The molecule has 18 heavy (non-hydrogen) atoms. The predicted octanol–water partition coefficient (Wildman–Crippen LogP) is 4.47. The van der Waals surface area contributed by atoms with Gasteiger partial charge in [-0.3, -0.25) is 0 Å². The zero-order chi connectivity index (χ0) is 13.0. The van der Waals surface area contributed by atoms with Gasteiger partial charge in [0.2, 0.25) is 0 Å². The molecule has 2 rings (SSSR count). The van der Waals surface area contributed by atoms with Gasteiger partial charge in [-0.15, -0.1) is 0 Å². The third-order valence-corrected chi connectivity index (χ3v) is 2.70.